The van der Waals surface area contributed by atoms with Crippen LogP contribution in [0.25, 0.3) is 0 Å². The second-order valence-corrected chi connectivity index (χ2v) is 5.38. The maximum atomic E-state index is 12.8. The van der Waals surface area contributed by atoms with Crippen molar-refractivity contribution < 1.29 is 4.39 Å². The standard InChI is InChI=1S/C18H20FN3/c1-22(2)17-9-5-15(6-10-17)18(13-20)21-12-11-14-3-7-16(19)8-4-14/h3-10,18,21H,11-12H2,1-2H3. The largest absolute Gasteiger partial charge is 0.378 e. The molecule has 0 amide bonds. The van der Waals surface area contributed by atoms with Gasteiger partial charge in [0.1, 0.15) is 11.9 Å². The van der Waals surface area contributed by atoms with Gasteiger partial charge in [-0.05, 0) is 41.8 Å². The monoisotopic (exact) mass is 297 g/mol. The number of halogens is 1. The summed E-state index contributed by atoms with van der Waals surface area (Å²) in [4.78, 5) is 2.02. The summed E-state index contributed by atoms with van der Waals surface area (Å²) in [5.41, 5.74) is 3.10. The van der Waals surface area contributed by atoms with E-state index in [1.807, 2.05) is 43.3 Å². The van der Waals surface area contributed by atoms with Gasteiger partial charge in [-0.2, -0.15) is 5.26 Å². The topological polar surface area (TPSA) is 39.1 Å². The molecular formula is C18H20FN3. The summed E-state index contributed by atoms with van der Waals surface area (Å²) in [6.07, 6.45) is 0.758. The molecule has 1 N–H and O–H groups in total. The van der Waals surface area contributed by atoms with Crippen molar-refractivity contribution in [2.24, 2.45) is 0 Å². The zero-order chi connectivity index (χ0) is 15.9. The predicted molar refractivity (Wildman–Crippen MR) is 87.2 cm³/mol. The fourth-order valence-electron chi connectivity index (χ4n) is 2.21. The third-order valence-electron chi connectivity index (χ3n) is 3.55. The zero-order valence-corrected chi connectivity index (χ0v) is 12.9. The van der Waals surface area contributed by atoms with E-state index in [0.717, 1.165) is 23.2 Å². The first-order chi connectivity index (χ1) is 10.6. The van der Waals surface area contributed by atoms with Crippen molar-refractivity contribution in [3.05, 3.63) is 65.5 Å². The van der Waals surface area contributed by atoms with Crippen molar-refractivity contribution in [3.63, 3.8) is 0 Å². The van der Waals surface area contributed by atoms with E-state index in [0.29, 0.717) is 6.54 Å². The van der Waals surface area contributed by atoms with Crippen LogP contribution in [-0.4, -0.2) is 20.6 Å². The maximum Gasteiger partial charge on any atom is 0.123 e. The quantitative estimate of drug-likeness (QED) is 0.889. The van der Waals surface area contributed by atoms with Crippen molar-refractivity contribution in [1.82, 2.24) is 5.32 Å². The van der Waals surface area contributed by atoms with Gasteiger partial charge in [0.15, 0.2) is 0 Å². The molecule has 0 fully saturated rings. The molecule has 2 aromatic carbocycles. The van der Waals surface area contributed by atoms with Crippen molar-refractivity contribution >= 4 is 5.69 Å². The van der Waals surface area contributed by atoms with Crippen LogP contribution in [0.4, 0.5) is 10.1 Å². The lowest BCUT2D eigenvalue weighted by molar-refractivity contribution is 0.620. The van der Waals surface area contributed by atoms with E-state index in [4.69, 9.17) is 0 Å². The van der Waals surface area contributed by atoms with Crippen LogP contribution in [0.3, 0.4) is 0 Å². The first kappa shape index (κ1) is 16.0. The average molecular weight is 297 g/mol. The third-order valence-corrected chi connectivity index (χ3v) is 3.55. The highest BCUT2D eigenvalue weighted by atomic mass is 19.1. The highest BCUT2D eigenvalue weighted by molar-refractivity contribution is 5.47. The van der Waals surface area contributed by atoms with Crippen LogP contribution >= 0.6 is 0 Å². The van der Waals surface area contributed by atoms with Crippen LogP contribution in [0.1, 0.15) is 17.2 Å². The summed E-state index contributed by atoms with van der Waals surface area (Å²) >= 11 is 0. The van der Waals surface area contributed by atoms with Gasteiger partial charge < -0.3 is 4.90 Å². The SMILES string of the molecule is CN(C)c1ccc(C(C#N)NCCc2ccc(F)cc2)cc1. The Balaban J connectivity index is 1.92. The van der Waals surface area contributed by atoms with Crippen molar-refractivity contribution in [1.29, 1.82) is 5.26 Å². The molecule has 0 radical (unpaired) electrons. The van der Waals surface area contributed by atoms with Crippen LogP contribution in [0.2, 0.25) is 0 Å². The van der Waals surface area contributed by atoms with E-state index in [-0.39, 0.29) is 11.9 Å². The predicted octanol–water partition coefficient (Wildman–Crippen LogP) is 3.29. The molecule has 4 heteroatoms. The molecular weight excluding hydrogens is 277 g/mol. The smallest absolute Gasteiger partial charge is 0.123 e. The molecule has 0 aliphatic carbocycles. The van der Waals surface area contributed by atoms with Crippen molar-refractivity contribution in [3.8, 4) is 6.07 Å². The Morgan fingerprint density at radius 2 is 1.73 bits per heavy atom. The summed E-state index contributed by atoms with van der Waals surface area (Å²) in [7, 11) is 3.97. The Kier molecular flexibility index (Phi) is 5.51. The molecule has 0 saturated carbocycles. The molecule has 114 valence electrons. The molecule has 1 unspecified atom stereocenters. The zero-order valence-electron chi connectivity index (χ0n) is 12.9. The summed E-state index contributed by atoms with van der Waals surface area (Å²) < 4.78 is 12.8. The van der Waals surface area contributed by atoms with Crippen LogP contribution in [-0.2, 0) is 6.42 Å². The molecule has 0 heterocycles. The lowest BCUT2D eigenvalue weighted by Gasteiger charge is -2.15. The Labute approximate surface area is 131 Å². The van der Waals surface area contributed by atoms with Gasteiger partial charge in [-0.3, -0.25) is 5.32 Å². The van der Waals surface area contributed by atoms with E-state index in [2.05, 4.69) is 11.4 Å². The summed E-state index contributed by atoms with van der Waals surface area (Å²) in [6.45, 7) is 0.666. The fraction of sp³-hybridized carbons (Fsp3) is 0.278. The Morgan fingerprint density at radius 3 is 2.27 bits per heavy atom. The molecule has 22 heavy (non-hydrogen) atoms. The normalized spacial score (nSPS) is 11.7. The molecule has 0 aromatic heterocycles. The van der Waals surface area contributed by atoms with Gasteiger partial charge in [0.2, 0.25) is 0 Å². The van der Waals surface area contributed by atoms with Gasteiger partial charge in [-0.15, -0.1) is 0 Å². The molecule has 2 rings (SSSR count). The molecule has 0 aliphatic heterocycles. The molecule has 0 aliphatic rings. The van der Waals surface area contributed by atoms with Crippen molar-refractivity contribution in [2.45, 2.75) is 12.5 Å². The lowest BCUT2D eigenvalue weighted by Crippen LogP contribution is -2.22. The fourth-order valence-corrected chi connectivity index (χ4v) is 2.21. The van der Waals surface area contributed by atoms with Crippen LogP contribution in [0, 0.1) is 17.1 Å². The van der Waals surface area contributed by atoms with E-state index in [1.165, 1.54) is 12.1 Å². The van der Waals surface area contributed by atoms with Gasteiger partial charge in [-0.25, -0.2) is 4.39 Å². The molecule has 0 bridgehead atoms. The third kappa shape index (κ3) is 4.31. The Hall–Kier alpha value is -2.38. The van der Waals surface area contributed by atoms with Crippen molar-refractivity contribution in [2.75, 3.05) is 25.5 Å². The number of nitrogens with zero attached hydrogens (tertiary/aromatic N) is 2. The van der Waals surface area contributed by atoms with Gasteiger partial charge in [-0.1, -0.05) is 24.3 Å². The van der Waals surface area contributed by atoms with Gasteiger partial charge in [0.05, 0.1) is 6.07 Å². The molecule has 0 spiro atoms. The van der Waals surface area contributed by atoms with Crippen LogP contribution in [0.15, 0.2) is 48.5 Å². The number of hydrogen-bond donors (Lipinski definition) is 1. The highest BCUT2D eigenvalue weighted by Gasteiger charge is 2.09. The number of nitriles is 1. The maximum absolute atomic E-state index is 12.8. The molecule has 3 nitrogen and oxygen atoms in total. The summed E-state index contributed by atoms with van der Waals surface area (Å²) in [5, 5.41) is 12.5. The average Bonchev–Trinajstić information content (AvgIpc) is 2.53. The lowest BCUT2D eigenvalue weighted by atomic mass is 10.1. The summed E-state index contributed by atoms with van der Waals surface area (Å²) in [6, 6.07) is 16.3. The second kappa shape index (κ2) is 7.58. The number of hydrogen-bond acceptors (Lipinski definition) is 3. The van der Waals surface area contributed by atoms with E-state index in [1.54, 1.807) is 12.1 Å². The first-order valence-corrected chi connectivity index (χ1v) is 7.25. The molecule has 2 aromatic rings. The summed E-state index contributed by atoms with van der Waals surface area (Å²) in [5.74, 6) is -0.229. The van der Waals surface area contributed by atoms with Gasteiger partial charge >= 0.3 is 0 Å². The number of anilines is 1. The number of rotatable bonds is 6. The number of nitrogens with one attached hydrogen (secondary N) is 1. The number of benzene rings is 2. The van der Waals surface area contributed by atoms with Crippen LogP contribution < -0.4 is 10.2 Å². The Morgan fingerprint density at radius 1 is 1.09 bits per heavy atom. The second-order valence-electron chi connectivity index (χ2n) is 5.38. The Bertz CT molecular complexity index is 627. The van der Waals surface area contributed by atoms with Gasteiger partial charge in [0, 0.05) is 26.3 Å². The van der Waals surface area contributed by atoms with Gasteiger partial charge in [0.25, 0.3) is 0 Å². The minimum absolute atomic E-state index is 0.229. The minimum atomic E-state index is -0.336. The molecule has 0 saturated heterocycles. The van der Waals surface area contributed by atoms with Crippen LogP contribution in [0.5, 0.6) is 0 Å². The van der Waals surface area contributed by atoms with E-state index in [9.17, 15) is 9.65 Å². The minimum Gasteiger partial charge on any atom is -0.378 e. The first-order valence-electron chi connectivity index (χ1n) is 7.25. The van der Waals surface area contributed by atoms with E-state index >= 15 is 0 Å². The highest BCUT2D eigenvalue weighted by Crippen LogP contribution is 2.17. The molecule has 1 atom stereocenters. The van der Waals surface area contributed by atoms with E-state index < -0.39 is 0 Å².